The second kappa shape index (κ2) is 10.0. The van der Waals surface area contributed by atoms with Crippen LogP contribution < -0.4 is 15.4 Å². The minimum atomic E-state index is -1.31. The number of imide groups is 4. The molecule has 2 heterocycles. The molecule has 4 aliphatic rings. The highest BCUT2D eigenvalue weighted by atomic mass is 35.5. The van der Waals surface area contributed by atoms with Crippen molar-refractivity contribution in [3.05, 3.63) is 70.5 Å². The molecule has 6 amide bonds. The molecule has 2 saturated heterocycles. The summed E-state index contributed by atoms with van der Waals surface area (Å²) in [5, 5.41) is 8.86. The number of aliphatic hydroxyl groups excluding tert-OH is 1. The molecule has 218 valence electrons. The third-order valence-corrected chi connectivity index (χ3v) is 9.52. The van der Waals surface area contributed by atoms with Gasteiger partial charge < -0.3 is 15.6 Å². The molecule has 3 fully saturated rings. The molecule has 6 atom stereocenters. The molecule has 1 saturated carbocycles. The summed E-state index contributed by atoms with van der Waals surface area (Å²) in [4.78, 5) is 68.3. The Morgan fingerprint density at radius 2 is 1.81 bits per heavy atom. The van der Waals surface area contributed by atoms with Gasteiger partial charge in [-0.15, -0.1) is 0 Å². The molecular weight excluding hydrogens is 569 g/mol. The van der Waals surface area contributed by atoms with Gasteiger partial charge in [0.1, 0.15) is 18.2 Å². The number of urea groups is 1. The van der Waals surface area contributed by atoms with Crippen molar-refractivity contribution in [2.75, 3.05) is 18.1 Å². The van der Waals surface area contributed by atoms with Crippen LogP contribution in [0.15, 0.2) is 54.1 Å². The number of carbonyl (C=O) groups is 5. The number of anilines is 1. The summed E-state index contributed by atoms with van der Waals surface area (Å²) in [7, 11) is 0. The van der Waals surface area contributed by atoms with Gasteiger partial charge in [0.2, 0.25) is 23.6 Å². The van der Waals surface area contributed by atoms with E-state index in [-0.39, 0.29) is 36.8 Å². The number of ether oxygens (including phenoxy) is 1. The molecule has 0 bridgehead atoms. The summed E-state index contributed by atoms with van der Waals surface area (Å²) in [5.74, 6) is -6.54. The maximum Gasteiger partial charge on any atom is 0.328 e. The summed E-state index contributed by atoms with van der Waals surface area (Å²) in [6.45, 7) is 1.63. The van der Waals surface area contributed by atoms with Crippen molar-refractivity contribution in [2.24, 2.45) is 34.8 Å². The number of hydrogen-bond donors (Lipinski definition) is 2. The van der Waals surface area contributed by atoms with E-state index >= 15 is 0 Å². The molecule has 10 nitrogen and oxygen atoms in total. The van der Waals surface area contributed by atoms with Crippen molar-refractivity contribution in [3.8, 4) is 5.75 Å². The number of benzene rings is 2. The van der Waals surface area contributed by atoms with E-state index in [4.69, 9.17) is 27.2 Å². The Kier molecular flexibility index (Phi) is 6.69. The smallest absolute Gasteiger partial charge is 0.328 e. The first-order chi connectivity index (χ1) is 20.0. The van der Waals surface area contributed by atoms with Gasteiger partial charge in [0.25, 0.3) is 0 Å². The average molecular weight is 596 g/mol. The van der Waals surface area contributed by atoms with Gasteiger partial charge in [-0.2, -0.15) is 4.90 Å². The first-order valence-electron chi connectivity index (χ1n) is 13.5. The molecule has 6 unspecified atom stereocenters. The quantitative estimate of drug-likeness (QED) is 0.398. The Balaban J connectivity index is 1.49. The number of halogens is 2. The lowest BCUT2D eigenvalue weighted by atomic mass is 9.51. The number of aliphatic hydroxyl groups is 1. The molecule has 2 aliphatic carbocycles. The molecule has 0 radical (unpaired) electrons. The summed E-state index contributed by atoms with van der Waals surface area (Å²) in [6, 6.07) is 9.38. The van der Waals surface area contributed by atoms with Crippen LogP contribution >= 0.6 is 11.6 Å². The first-order valence-corrected chi connectivity index (χ1v) is 13.9. The van der Waals surface area contributed by atoms with Gasteiger partial charge in [-0.05, 0) is 61.6 Å². The van der Waals surface area contributed by atoms with E-state index in [1.165, 1.54) is 12.1 Å². The molecule has 42 heavy (non-hydrogen) atoms. The molecule has 2 aliphatic heterocycles. The van der Waals surface area contributed by atoms with Crippen LogP contribution in [-0.2, 0) is 19.2 Å². The zero-order chi connectivity index (χ0) is 30.1. The SMILES string of the molecule is CC12C(=O)N(c3ccc(F)c(Cl)c3)C(=O)C1CC1C(=CCC3C(=O)N(C(N)=O)C(=O)C31)C2c1ccc(OCCO)cc1. The third kappa shape index (κ3) is 3.90. The second-order valence-corrected chi connectivity index (χ2v) is 11.7. The monoisotopic (exact) mass is 595 g/mol. The molecule has 0 aromatic heterocycles. The minimum absolute atomic E-state index is 0.0827. The molecule has 2 aromatic rings. The van der Waals surface area contributed by atoms with Crippen molar-refractivity contribution in [2.45, 2.75) is 25.7 Å². The summed E-state index contributed by atoms with van der Waals surface area (Å²) < 4.78 is 19.5. The van der Waals surface area contributed by atoms with Crippen LogP contribution in [0, 0.1) is 34.9 Å². The molecule has 12 heteroatoms. The zero-order valence-electron chi connectivity index (χ0n) is 22.5. The topological polar surface area (TPSA) is 147 Å². The Bertz CT molecular complexity index is 1580. The summed E-state index contributed by atoms with van der Waals surface area (Å²) >= 11 is 6.01. The lowest BCUT2D eigenvalue weighted by Gasteiger charge is -2.49. The van der Waals surface area contributed by atoms with Crippen LogP contribution in [0.1, 0.15) is 31.2 Å². The lowest BCUT2D eigenvalue weighted by molar-refractivity contribution is -0.136. The van der Waals surface area contributed by atoms with Gasteiger partial charge in [-0.25, -0.2) is 14.1 Å². The zero-order valence-corrected chi connectivity index (χ0v) is 23.2. The fraction of sp³-hybridized carbons (Fsp3) is 0.367. The van der Waals surface area contributed by atoms with E-state index in [1.54, 1.807) is 31.2 Å². The Hall–Kier alpha value is -4.09. The van der Waals surface area contributed by atoms with Gasteiger partial charge >= 0.3 is 6.03 Å². The van der Waals surface area contributed by atoms with E-state index in [2.05, 4.69) is 0 Å². The van der Waals surface area contributed by atoms with E-state index in [0.717, 1.165) is 16.5 Å². The van der Waals surface area contributed by atoms with Crippen molar-refractivity contribution in [1.29, 1.82) is 0 Å². The predicted molar refractivity (Wildman–Crippen MR) is 146 cm³/mol. The van der Waals surface area contributed by atoms with Crippen molar-refractivity contribution in [3.63, 3.8) is 0 Å². The maximum absolute atomic E-state index is 14.3. The number of fused-ring (bicyclic) bond motifs is 4. The van der Waals surface area contributed by atoms with Crippen molar-refractivity contribution < 1.29 is 38.2 Å². The first kappa shape index (κ1) is 28.0. The molecular formula is C30H27ClFN3O7. The van der Waals surface area contributed by atoms with Crippen LogP contribution in [0.4, 0.5) is 14.9 Å². The lowest BCUT2D eigenvalue weighted by Crippen LogP contribution is -2.49. The summed E-state index contributed by atoms with van der Waals surface area (Å²) in [5.41, 5.74) is 5.60. The number of nitrogens with zero attached hydrogens (tertiary/aromatic N) is 2. The number of allylic oxidation sites excluding steroid dienone is 2. The van der Waals surface area contributed by atoms with E-state index in [1.807, 2.05) is 6.08 Å². The van der Waals surface area contributed by atoms with Crippen LogP contribution in [0.5, 0.6) is 5.75 Å². The highest BCUT2D eigenvalue weighted by molar-refractivity contribution is 6.31. The highest BCUT2D eigenvalue weighted by Crippen LogP contribution is 2.63. The Morgan fingerprint density at radius 3 is 2.45 bits per heavy atom. The predicted octanol–water partition coefficient (Wildman–Crippen LogP) is 3.16. The third-order valence-electron chi connectivity index (χ3n) is 9.23. The van der Waals surface area contributed by atoms with Crippen LogP contribution in [-0.4, -0.2) is 52.9 Å². The van der Waals surface area contributed by atoms with E-state index < -0.39 is 70.5 Å². The highest BCUT2D eigenvalue weighted by Gasteiger charge is 2.67. The molecule has 6 rings (SSSR count). The summed E-state index contributed by atoms with van der Waals surface area (Å²) in [6.07, 6.45) is 2.09. The largest absolute Gasteiger partial charge is 0.491 e. The number of primary amides is 1. The van der Waals surface area contributed by atoms with Crippen LogP contribution in [0.3, 0.4) is 0 Å². The van der Waals surface area contributed by atoms with Gasteiger partial charge in [0.15, 0.2) is 0 Å². The number of likely N-dealkylation sites (tertiary alicyclic amines) is 1. The fourth-order valence-corrected chi connectivity index (χ4v) is 7.58. The number of rotatable bonds is 5. The normalized spacial score (nSPS) is 30.2. The van der Waals surface area contributed by atoms with Crippen LogP contribution in [0.2, 0.25) is 5.02 Å². The molecule has 2 aromatic carbocycles. The number of amides is 6. The minimum Gasteiger partial charge on any atom is -0.491 e. The van der Waals surface area contributed by atoms with Gasteiger partial charge in [-0.3, -0.25) is 19.2 Å². The van der Waals surface area contributed by atoms with Crippen LogP contribution in [0.25, 0.3) is 0 Å². The Morgan fingerprint density at radius 1 is 1.10 bits per heavy atom. The van der Waals surface area contributed by atoms with Gasteiger partial charge in [0, 0.05) is 5.92 Å². The van der Waals surface area contributed by atoms with Crippen molar-refractivity contribution >= 4 is 46.9 Å². The standard InChI is InChI=1S/C30H27ClFN3O7/c1-30-20(26(38)34(28(30)40)15-4-9-22(32)21(31)12-15)13-19-17(24(30)14-2-5-16(6-3-14)42-11-10-36)7-8-18-23(19)27(39)35(25(18)37)29(33)41/h2-7,9,12,18-20,23-24,36H,8,10-11,13H2,1H3,(H2,33,41). The molecule has 3 N–H and O–H groups in total. The maximum atomic E-state index is 14.3. The second-order valence-electron chi connectivity index (χ2n) is 11.3. The number of nitrogens with two attached hydrogens (primary N) is 1. The van der Waals surface area contributed by atoms with Crippen molar-refractivity contribution in [1.82, 2.24) is 4.90 Å². The van der Waals surface area contributed by atoms with Gasteiger partial charge in [-0.1, -0.05) is 35.4 Å². The van der Waals surface area contributed by atoms with E-state index in [0.29, 0.717) is 16.2 Å². The average Bonchev–Trinajstić information content (AvgIpc) is 3.33. The number of carbonyl (C=O) groups excluding carboxylic acids is 5. The van der Waals surface area contributed by atoms with E-state index in [9.17, 15) is 28.4 Å². The van der Waals surface area contributed by atoms with Gasteiger partial charge in [0.05, 0.1) is 40.5 Å². The fourth-order valence-electron chi connectivity index (χ4n) is 7.40. The molecule has 0 spiro atoms. The Labute approximate surface area is 244 Å². The number of hydrogen-bond acceptors (Lipinski definition) is 7.